The van der Waals surface area contributed by atoms with Crippen LogP contribution >= 0.6 is 0 Å². The van der Waals surface area contributed by atoms with Gasteiger partial charge in [0.1, 0.15) is 5.75 Å². The smallest absolute Gasteiger partial charge is 0.223 e. The van der Waals surface area contributed by atoms with Crippen molar-refractivity contribution in [2.45, 2.75) is 32.3 Å². The summed E-state index contributed by atoms with van der Waals surface area (Å²) in [4.78, 5) is 14.2. The topological polar surface area (TPSA) is 61.8 Å². The number of β-amino-alcohol motifs (C(OH)–C–C–N with tert-alkyl or cyclic N) is 1. The Bertz CT molecular complexity index is 499. The average Bonchev–Trinajstić information content (AvgIpc) is 2.60. The molecule has 0 aliphatic carbocycles. The third-order valence-electron chi connectivity index (χ3n) is 4.42. The molecular formula is C18H28N2O3. The first kappa shape index (κ1) is 17.8. The largest absolute Gasteiger partial charge is 0.497 e. The van der Waals surface area contributed by atoms with Crippen molar-refractivity contribution in [2.24, 2.45) is 5.92 Å². The van der Waals surface area contributed by atoms with Gasteiger partial charge in [-0.05, 0) is 50.0 Å². The lowest BCUT2D eigenvalue weighted by Crippen LogP contribution is -2.42. The predicted molar refractivity (Wildman–Crippen MR) is 90.4 cm³/mol. The van der Waals surface area contributed by atoms with E-state index in [-0.39, 0.29) is 11.8 Å². The summed E-state index contributed by atoms with van der Waals surface area (Å²) < 4.78 is 5.20. The molecule has 0 saturated carbocycles. The molecule has 128 valence electrons. The molecule has 0 aromatic heterocycles. The molecular weight excluding hydrogens is 292 g/mol. The fraction of sp³-hybridized carbons (Fsp3) is 0.611. The van der Waals surface area contributed by atoms with Crippen molar-refractivity contribution in [1.29, 1.82) is 0 Å². The fourth-order valence-electron chi connectivity index (χ4n) is 2.97. The van der Waals surface area contributed by atoms with Gasteiger partial charge in [0.25, 0.3) is 0 Å². The quantitative estimate of drug-likeness (QED) is 0.806. The number of piperidine rings is 1. The normalized spacial score (nSPS) is 17.7. The Morgan fingerprint density at radius 1 is 1.43 bits per heavy atom. The molecule has 23 heavy (non-hydrogen) atoms. The number of carbonyl (C=O) groups is 1. The van der Waals surface area contributed by atoms with E-state index in [1.54, 1.807) is 7.11 Å². The first-order valence-electron chi connectivity index (χ1n) is 8.46. The first-order valence-corrected chi connectivity index (χ1v) is 8.46. The second-order valence-corrected chi connectivity index (χ2v) is 6.16. The van der Waals surface area contributed by atoms with Crippen LogP contribution in [0, 0.1) is 5.92 Å². The highest BCUT2D eigenvalue weighted by molar-refractivity contribution is 5.78. The molecule has 1 aliphatic rings. The van der Waals surface area contributed by atoms with Crippen LogP contribution in [0.5, 0.6) is 5.75 Å². The number of aliphatic hydroxyl groups is 1. The second kappa shape index (κ2) is 8.89. The van der Waals surface area contributed by atoms with Crippen molar-refractivity contribution >= 4 is 5.91 Å². The van der Waals surface area contributed by atoms with Crippen molar-refractivity contribution in [2.75, 3.05) is 33.3 Å². The number of hydrogen-bond donors (Lipinski definition) is 2. The highest BCUT2D eigenvalue weighted by atomic mass is 16.5. The maximum Gasteiger partial charge on any atom is 0.223 e. The average molecular weight is 320 g/mol. The van der Waals surface area contributed by atoms with Crippen LogP contribution in [0.15, 0.2) is 24.3 Å². The summed E-state index contributed by atoms with van der Waals surface area (Å²) in [5.41, 5.74) is 0.868. The summed E-state index contributed by atoms with van der Waals surface area (Å²) in [6.45, 7) is 5.11. The van der Waals surface area contributed by atoms with Gasteiger partial charge in [0, 0.05) is 19.0 Å². The number of benzene rings is 1. The molecule has 1 amide bonds. The lowest BCUT2D eigenvalue weighted by molar-refractivity contribution is -0.126. The minimum atomic E-state index is -0.532. The van der Waals surface area contributed by atoms with Crippen LogP contribution in [-0.4, -0.2) is 49.2 Å². The van der Waals surface area contributed by atoms with Crippen molar-refractivity contribution in [1.82, 2.24) is 10.2 Å². The number of methoxy groups -OCH3 is 1. The van der Waals surface area contributed by atoms with E-state index < -0.39 is 6.10 Å². The van der Waals surface area contributed by atoms with E-state index in [4.69, 9.17) is 4.74 Å². The second-order valence-electron chi connectivity index (χ2n) is 6.16. The minimum Gasteiger partial charge on any atom is -0.497 e. The number of hydrogen-bond acceptors (Lipinski definition) is 4. The van der Waals surface area contributed by atoms with E-state index in [1.807, 2.05) is 24.3 Å². The van der Waals surface area contributed by atoms with E-state index >= 15 is 0 Å². The Balaban J connectivity index is 1.80. The van der Waals surface area contributed by atoms with Gasteiger partial charge >= 0.3 is 0 Å². The Kier molecular flexibility index (Phi) is 6.86. The van der Waals surface area contributed by atoms with Crippen LogP contribution in [0.4, 0.5) is 0 Å². The SMILES string of the molecule is CCCNC(=O)C1CCN(CC(O)c2cccc(OC)c2)CC1. The fourth-order valence-corrected chi connectivity index (χ4v) is 2.97. The third kappa shape index (κ3) is 5.22. The number of ether oxygens (including phenoxy) is 1. The Labute approximate surface area is 138 Å². The number of likely N-dealkylation sites (tertiary alicyclic amines) is 1. The molecule has 2 rings (SSSR count). The summed E-state index contributed by atoms with van der Waals surface area (Å²) in [5, 5.41) is 13.4. The summed E-state index contributed by atoms with van der Waals surface area (Å²) in [7, 11) is 1.62. The van der Waals surface area contributed by atoms with E-state index in [2.05, 4.69) is 17.1 Å². The van der Waals surface area contributed by atoms with Gasteiger partial charge in [-0.25, -0.2) is 0 Å². The van der Waals surface area contributed by atoms with Crippen molar-refractivity contribution in [3.8, 4) is 5.75 Å². The Morgan fingerprint density at radius 3 is 2.83 bits per heavy atom. The molecule has 1 unspecified atom stereocenters. The van der Waals surface area contributed by atoms with Crippen molar-refractivity contribution < 1.29 is 14.6 Å². The van der Waals surface area contributed by atoms with E-state index in [9.17, 15) is 9.90 Å². The van der Waals surface area contributed by atoms with Gasteiger partial charge < -0.3 is 20.1 Å². The van der Waals surface area contributed by atoms with Crippen LogP contribution in [0.2, 0.25) is 0 Å². The molecule has 1 fully saturated rings. The summed E-state index contributed by atoms with van der Waals surface area (Å²) in [6.07, 6.45) is 2.16. The molecule has 0 bridgehead atoms. The van der Waals surface area contributed by atoms with Gasteiger partial charge in [-0.2, -0.15) is 0 Å². The van der Waals surface area contributed by atoms with E-state index in [0.29, 0.717) is 6.54 Å². The maximum atomic E-state index is 12.0. The minimum absolute atomic E-state index is 0.117. The maximum absolute atomic E-state index is 12.0. The van der Waals surface area contributed by atoms with Crippen molar-refractivity contribution in [3.63, 3.8) is 0 Å². The number of nitrogens with one attached hydrogen (secondary N) is 1. The number of rotatable bonds is 7. The summed E-state index contributed by atoms with van der Waals surface area (Å²) in [6, 6.07) is 7.55. The monoisotopic (exact) mass is 320 g/mol. The van der Waals surface area contributed by atoms with Crippen LogP contribution in [0.3, 0.4) is 0 Å². The molecule has 5 heteroatoms. The molecule has 2 N–H and O–H groups in total. The number of amides is 1. The van der Waals surface area contributed by atoms with E-state index in [1.165, 1.54) is 0 Å². The van der Waals surface area contributed by atoms with Gasteiger partial charge in [-0.1, -0.05) is 19.1 Å². The molecule has 1 heterocycles. The van der Waals surface area contributed by atoms with Gasteiger partial charge in [0.15, 0.2) is 0 Å². The van der Waals surface area contributed by atoms with Gasteiger partial charge in [-0.3, -0.25) is 4.79 Å². The summed E-state index contributed by atoms with van der Waals surface area (Å²) in [5.74, 6) is 1.06. The zero-order valence-electron chi connectivity index (χ0n) is 14.1. The zero-order chi connectivity index (χ0) is 16.7. The molecule has 1 aromatic rings. The van der Waals surface area contributed by atoms with E-state index in [0.717, 1.165) is 50.2 Å². The lowest BCUT2D eigenvalue weighted by atomic mass is 9.95. The molecule has 0 radical (unpaired) electrons. The standard InChI is InChI=1S/C18H28N2O3/c1-3-9-19-18(22)14-7-10-20(11-8-14)13-17(21)15-5-4-6-16(12-15)23-2/h4-6,12,14,17,21H,3,7-11,13H2,1-2H3,(H,19,22). The Morgan fingerprint density at radius 2 is 2.17 bits per heavy atom. The van der Waals surface area contributed by atoms with Gasteiger partial charge in [0.2, 0.25) is 5.91 Å². The lowest BCUT2D eigenvalue weighted by Gasteiger charge is -2.32. The number of aliphatic hydroxyl groups excluding tert-OH is 1. The molecule has 1 aromatic carbocycles. The molecule has 5 nitrogen and oxygen atoms in total. The van der Waals surface area contributed by atoms with Crippen molar-refractivity contribution in [3.05, 3.63) is 29.8 Å². The predicted octanol–water partition coefficient (Wildman–Crippen LogP) is 1.97. The zero-order valence-corrected chi connectivity index (χ0v) is 14.1. The molecule has 1 saturated heterocycles. The highest BCUT2D eigenvalue weighted by Crippen LogP contribution is 2.23. The van der Waals surface area contributed by atoms with Crippen LogP contribution in [0.1, 0.15) is 37.9 Å². The van der Waals surface area contributed by atoms with Crippen LogP contribution in [0.25, 0.3) is 0 Å². The van der Waals surface area contributed by atoms with Crippen LogP contribution < -0.4 is 10.1 Å². The van der Waals surface area contributed by atoms with Gasteiger partial charge in [-0.15, -0.1) is 0 Å². The first-order chi connectivity index (χ1) is 11.1. The number of nitrogens with zero attached hydrogens (tertiary/aromatic N) is 1. The molecule has 0 spiro atoms. The highest BCUT2D eigenvalue weighted by Gasteiger charge is 2.25. The molecule has 1 aliphatic heterocycles. The Hall–Kier alpha value is -1.59. The molecule has 1 atom stereocenters. The number of carbonyl (C=O) groups excluding carboxylic acids is 1. The summed E-state index contributed by atoms with van der Waals surface area (Å²) >= 11 is 0. The van der Waals surface area contributed by atoms with Crippen LogP contribution in [-0.2, 0) is 4.79 Å². The van der Waals surface area contributed by atoms with Gasteiger partial charge in [0.05, 0.1) is 13.2 Å². The third-order valence-corrected chi connectivity index (χ3v) is 4.42.